The van der Waals surface area contributed by atoms with Crippen LogP contribution < -0.4 is 5.32 Å². The van der Waals surface area contributed by atoms with E-state index in [0.29, 0.717) is 16.4 Å². The number of hydrogen-bond acceptors (Lipinski definition) is 5. The van der Waals surface area contributed by atoms with Crippen molar-refractivity contribution in [1.29, 1.82) is 0 Å². The minimum atomic E-state index is -0.175. The zero-order valence-corrected chi connectivity index (χ0v) is 18.2. The van der Waals surface area contributed by atoms with Gasteiger partial charge < -0.3 is 5.32 Å². The summed E-state index contributed by atoms with van der Waals surface area (Å²) in [5.74, 6) is 0.424. The topological polar surface area (TPSA) is 72.2 Å². The molecule has 0 bridgehead atoms. The zero-order chi connectivity index (χ0) is 21.1. The number of nitrogens with zero attached hydrogens (tertiary/aromatic N) is 4. The Hall–Kier alpha value is -2.90. The summed E-state index contributed by atoms with van der Waals surface area (Å²) in [6.07, 6.45) is 3.47. The smallest absolute Gasteiger partial charge is 0.255 e. The molecule has 2 aromatic heterocycles. The Labute approximate surface area is 183 Å². The van der Waals surface area contributed by atoms with E-state index < -0.39 is 0 Å². The highest BCUT2D eigenvalue weighted by Crippen LogP contribution is 2.33. The van der Waals surface area contributed by atoms with Crippen molar-refractivity contribution in [2.24, 2.45) is 0 Å². The van der Waals surface area contributed by atoms with Crippen molar-refractivity contribution >= 4 is 40.7 Å². The van der Waals surface area contributed by atoms with Crippen LogP contribution in [0, 0.1) is 6.92 Å². The monoisotopic (exact) mass is 437 g/mol. The van der Waals surface area contributed by atoms with Crippen LogP contribution in [-0.4, -0.2) is 25.5 Å². The number of fused-ring (bicyclic) bond motifs is 1. The Balaban J connectivity index is 1.55. The van der Waals surface area contributed by atoms with Crippen molar-refractivity contribution in [3.8, 4) is 0 Å². The summed E-state index contributed by atoms with van der Waals surface area (Å²) in [5, 5.41) is 8.88. The fourth-order valence-electron chi connectivity index (χ4n) is 3.12. The van der Waals surface area contributed by atoms with E-state index in [0.717, 1.165) is 34.1 Å². The molecule has 0 saturated heterocycles. The number of carbonyl (C=O) groups excluding carboxylic acids is 1. The molecular weight excluding hydrogens is 418 g/mol. The number of carbonyl (C=O) groups is 1. The van der Waals surface area contributed by atoms with Crippen LogP contribution in [0.4, 0.5) is 5.69 Å². The highest BCUT2D eigenvalue weighted by Gasteiger charge is 2.15. The third-order valence-electron chi connectivity index (χ3n) is 4.62. The van der Waals surface area contributed by atoms with Gasteiger partial charge in [-0.05, 0) is 61.9 Å². The molecular formula is C22H20ClN5OS. The third-order valence-corrected chi connectivity index (χ3v) is 5.99. The largest absolute Gasteiger partial charge is 0.322 e. The van der Waals surface area contributed by atoms with Gasteiger partial charge in [-0.2, -0.15) is 14.6 Å². The number of aryl methyl sites for hydroxylation is 1. The lowest BCUT2D eigenvalue weighted by molar-refractivity contribution is 0.102. The highest BCUT2D eigenvalue weighted by atomic mass is 35.5. The summed E-state index contributed by atoms with van der Waals surface area (Å²) in [6.45, 7) is 4.16. The average Bonchev–Trinajstić information content (AvgIpc) is 3.20. The molecule has 0 fully saturated rings. The Kier molecular flexibility index (Phi) is 6.01. The van der Waals surface area contributed by atoms with Crippen LogP contribution in [0.5, 0.6) is 0 Å². The molecule has 4 aromatic rings. The molecule has 0 radical (unpaired) electrons. The van der Waals surface area contributed by atoms with Crippen molar-refractivity contribution in [2.45, 2.75) is 36.6 Å². The fraction of sp³-hybridized carbons (Fsp3) is 0.182. The maximum absolute atomic E-state index is 12.4. The molecule has 0 spiro atoms. The van der Waals surface area contributed by atoms with Gasteiger partial charge in [-0.15, -0.1) is 0 Å². The lowest BCUT2D eigenvalue weighted by atomic mass is 10.1. The molecule has 1 amide bonds. The van der Waals surface area contributed by atoms with Crippen molar-refractivity contribution in [3.05, 3.63) is 76.7 Å². The SMILES string of the molecule is CCCc1c(C)nc2ncnn2c1Sc1ccc(NC(=O)c2ccc(Cl)cc2)cc1. The number of aromatic nitrogens is 4. The zero-order valence-electron chi connectivity index (χ0n) is 16.6. The van der Waals surface area contributed by atoms with Gasteiger partial charge >= 0.3 is 0 Å². The van der Waals surface area contributed by atoms with Gasteiger partial charge in [-0.3, -0.25) is 4.79 Å². The Morgan fingerprint density at radius 3 is 2.57 bits per heavy atom. The van der Waals surface area contributed by atoms with Crippen LogP contribution in [0.15, 0.2) is 64.8 Å². The number of amides is 1. The van der Waals surface area contributed by atoms with Crippen molar-refractivity contribution in [1.82, 2.24) is 19.6 Å². The Morgan fingerprint density at radius 2 is 1.87 bits per heavy atom. The number of nitrogens with one attached hydrogen (secondary N) is 1. The number of rotatable bonds is 6. The minimum Gasteiger partial charge on any atom is -0.322 e. The quantitative estimate of drug-likeness (QED) is 0.406. The summed E-state index contributed by atoms with van der Waals surface area (Å²) in [7, 11) is 0. The van der Waals surface area contributed by atoms with Gasteiger partial charge in [-0.25, -0.2) is 4.98 Å². The Bertz CT molecular complexity index is 1190. The highest BCUT2D eigenvalue weighted by molar-refractivity contribution is 7.99. The second-order valence-electron chi connectivity index (χ2n) is 6.79. The molecule has 2 aromatic carbocycles. The van der Waals surface area contributed by atoms with Crippen LogP contribution in [0.2, 0.25) is 5.02 Å². The molecule has 0 aliphatic heterocycles. The van der Waals surface area contributed by atoms with Gasteiger partial charge in [0.1, 0.15) is 11.4 Å². The maximum Gasteiger partial charge on any atom is 0.255 e. The first-order valence-electron chi connectivity index (χ1n) is 9.59. The van der Waals surface area contributed by atoms with E-state index in [4.69, 9.17) is 11.6 Å². The summed E-state index contributed by atoms with van der Waals surface area (Å²) in [4.78, 5) is 22.2. The van der Waals surface area contributed by atoms with Crippen molar-refractivity contribution in [2.75, 3.05) is 5.32 Å². The first kappa shape index (κ1) is 20.4. The van der Waals surface area contributed by atoms with E-state index in [1.165, 1.54) is 11.9 Å². The fourth-order valence-corrected chi connectivity index (χ4v) is 4.33. The number of hydrogen-bond donors (Lipinski definition) is 1. The molecule has 0 aliphatic carbocycles. The van der Waals surface area contributed by atoms with Crippen molar-refractivity contribution < 1.29 is 4.79 Å². The number of benzene rings is 2. The molecule has 2 heterocycles. The average molecular weight is 438 g/mol. The lowest BCUT2D eigenvalue weighted by Crippen LogP contribution is -2.11. The van der Waals surface area contributed by atoms with E-state index in [2.05, 4.69) is 27.3 Å². The van der Waals surface area contributed by atoms with E-state index in [1.807, 2.05) is 31.2 Å². The van der Waals surface area contributed by atoms with E-state index >= 15 is 0 Å². The predicted octanol–water partition coefficient (Wildman–Crippen LogP) is 5.44. The molecule has 0 saturated carbocycles. The molecule has 6 nitrogen and oxygen atoms in total. The molecule has 8 heteroatoms. The van der Waals surface area contributed by atoms with Gasteiger partial charge in [0.05, 0.1) is 0 Å². The molecule has 1 N–H and O–H groups in total. The van der Waals surface area contributed by atoms with Crippen LogP contribution in [0.1, 0.15) is 35.0 Å². The van der Waals surface area contributed by atoms with Crippen LogP contribution in [-0.2, 0) is 6.42 Å². The molecule has 0 unspecified atom stereocenters. The van der Waals surface area contributed by atoms with E-state index in [1.54, 1.807) is 40.5 Å². The summed E-state index contributed by atoms with van der Waals surface area (Å²) < 4.78 is 1.79. The van der Waals surface area contributed by atoms with E-state index in [-0.39, 0.29) is 5.91 Å². The molecule has 0 atom stereocenters. The van der Waals surface area contributed by atoms with Crippen LogP contribution >= 0.6 is 23.4 Å². The molecule has 0 aliphatic rings. The van der Waals surface area contributed by atoms with Crippen molar-refractivity contribution in [3.63, 3.8) is 0 Å². The second-order valence-corrected chi connectivity index (χ2v) is 8.29. The summed E-state index contributed by atoms with van der Waals surface area (Å²) in [6, 6.07) is 14.5. The van der Waals surface area contributed by atoms with E-state index in [9.17, 15) is 4.79 Å². The number of halogens is 1. The molecule has 30 heavy (non-hydrogen) atoms. The first-order chi connectivity index (χ1) is 14.5. The van der Waals surface area contributed by atoms with Gasteiger partial charge in [0.25, 0.3) is 11.7 Å². The summed E-state index contributed by atoms with van der Waals surface area (Å²) >= 11 is 7.50. The minimum absolute atomic E-state index is 0.175. The standard InChI is InChI=1S/C22H20ClN5OS/c1-3-4-19-14(2)26-22-24-13-25-28(22)21(19)30-18-11-9-17(10-12-18)27-20(29)15-5-7-16(23)8-6-15/h5-13H,3-4H2,1-2H3,(H,27,29). The Morgan fingerprint density at radius 1 is 1.13 bits per heavy atom. The van der Waals surface area contributed by atoms with Gasteiger partial charge in [0.2, 0.25) is 0 Å². The first-order valence-corrected chi connectivity index (χ1v) is 10.8. The molecule has 4 rings (SSSR count). The molecule has 152 valence electrons. The van der Waals surface area contributed by atoms with Gasteiger partial charge in [-0.1, -0.05) is 36.7 Å². The van der Waals surface area contributed by atoms with Crippen LogP contribution in [0.3, 0.4) is 0 Å². The van der Waals surface area contributed by atoms with Gasteiger partial charge in [0, 0.05) is 32.4 Å². The maximum atomic E-state index is 12.4. The van der Waals surface area contributed by atoms with Crippen LogP contribution in [0.25, 0.3) is 5.78 Å². The number of anilines is 1. The summed E-state index contributed by atoms with van der Waals surface area (Å²) in [5.41, 5.74) is 3.44. The second kappa shape index (κ2) is 8.85. The predicted molar refractivity (Wildman–Crippen MR) is 119 cm³/mol. The lowest BCUT2D eigenvalue weighted by Gasteiger charge is -2.13. The third kappa shape index (κ3) is 4.32. The normalized spacial score (nSPS) is 11.0. The van der Waals surface area contributed by atoms with Gasteiger partial charge in [0.15, 0.2) is 0 Å².